The molecule has 1 aromatic heterocycles. The van der Waals surface area contributed by atoms with E-state index in [0.717, 1.165) is 29.0 Å². The van der Waals surface area contributed by atoms with Gasteiger partial charge in [0.25, 0.3) is 5.91 Å². The molecule has 1 atom stereocenters. The molecule has 0 radical (unpaired) electrons. The molecule has 0 saturated heterocycles. The minimum atomic E-state index is -0.246. The molecule has 3 rings (SSSR count). The van der Waals surface area contributed by atoms with Crippen LogP contribution < -0.4 is 4.90 Å². The van der Waals surface area contributed by atoms with Crippen LogP contribution in [0, 0.1) is 5.82 Å². The van der Waals surface area contributed by atoms with Crippen LogP contribution >= 0.6 is 11.3 Å². The highest BCUT2D eigenvalue weighted by molar-refractivity contribution is 7.10. The summed E-state index contributed by atoms with van der Waals surface area (Å²) in [5, 5.41) is 1.98. The van der Waals surface area contributed by atoms with Crippen molar-refractivity contribution in [2.45, 2.75) is 25.8 Å². The first-order valence-electron chi connectivity index (χ1n) is 6.98. The Hall–Kier alpha value is -1.94. The zero-order chi connectivity index (χ0) is 14.8. The molecular weight excluding hydrogens is 285 g/mol. The summed E-state index contributed by atoms with van der Waals surface area (Å²) in [5.74, 6) is -0.298. The van der Waals surface area contributed by atoms with Crippen molar-refractivity contribution in [3.63, 3.8) is 0 Å². The number of benzene rings is 1. The SMILES string of the molecule is C[C@@H]1CCc2cc(F)ccc2N1C(=O)/C=C\c1cccs1. The lowest BCUT2D eigenvalue weighted by Crippen LogP contribution is -2.41. The molecule has 0 fully saturated rings. The molecule has 108 valence electrons. The average molecular weight is 301 g/mol. The molecule has 0 spiro atoms. The van der Waals surface area contributed by atoms with Gasteiger partial charge in [-0.1, -0.05) is 6.07 Å². The van der Waals surface area contributed by atoms with E-state index in [1.165, 1.54) is 12.1 Å². The molecule has 21 heavy (non-hydrogen) atoms. The smallest absolute Gasteiger partial charge is 0.251 e. The lowest BCUT2D eigenvalue weighted by Gasteiger charge is -2.34. The summed E-state index contributed by atoms with van der Waals surface area (Å²) < 4.78 is 13.3. The molecule has 4 heteroatoms. The second kappa shape index (κ2) is 5.82. The van der Waals surface area contributed by atoms with Crippen LogP contribution in [0.2, 0.25) is 0 Å². The maximum absolute atomic E-state index is 13.3. The molecule has 0 saturated carbocycles. The van der Waals surface area contributed by atoms with Gasteiger partial charge in [0.1, 0.15) is 5.82 Å². The Kier molecular flexibility index (Phi) is 3.88. The predicted molar refractivity (Wildman–Crippen MR) is 85.0 cm³/mol. The molecule has 0 aliphatic carbocycles. The van der Waals surface area contributed by atoms with E-state index in [4.69, 9.17) is 0 Å². The van der Waals surface area contributed by atoms with E-state index >= 15 is 0 Å². The van der Waals surface area contributed by atoms with Gasteiger partial charge < -0.3 is 4.90 Å². The number of aryl methyl sites for hydroxylation is 1. The van der Waals surface area contributed by atoms with Crippen molar-refractivity contribution >= 4 is 29.0 Å². The van der Waals surface area contributed by atoms with Crippen LogP contribution in [-0.2, 0) is 11.2 Å². The van der Waals surface area contributed by atoms with Gasteiger partial charge in [0, 0.05) is 22.7 Å². The second-order valence-corrected chi connectivity index (χ2v) is 6.20. The molecule has 0 unspecified atom stereocenters. The first kappa shape index (κ1) is 14.0. The van der Waals surface area contributed by atoms with Gasteiger partial charge in [-0.15, -0.1) is 11.3 Å². The molecular formula is C17H16FNOS. The predicted octanol–water partition coefficient (Wildman–Crippen LogP) is 4.27. The van der Waals surface area contributed by atoms with Gasteiger partial charge in [-0.3, -0.25) is 4.79 Å². The third-order valence-electron chi connectivity index (χ3n) is 3.74. The molecule has 1 aromatic carbocycles. The Morgan fingerprint density at radius 3 is 3.05 bits per heavy atom. The summed E-state index contributed by atoms with van der Waals surface area (Å²) in [6, 6.07) is 8.71. The van der Waals surface area contributed by atoms with Crippen molar-refractivity contribution in [3.05, 3.63) is 58.0 Å². The maximum Gasteiger partial charge on any atom is 0.251 e. The van der Waals surface area contributed by atoms with Gasteiger partial charge in [0.05, 0.1) is 0 Å². The average Bonchev–Trinajstić information content (AvgIpc) is 2.98. The molecule has 1 aliphatic rings. The molecule has 1 aliphatic heterocycles. The largest absolute Gasteiger partial charge is 0.306 e. The van der Waals surface area contributed by atoms with Crippen molar-refractivity contribution in [2.24, 2.45) is 0 Å². The topological polar surface area (TPSA) is 20.3 Å². The standard InChI is InChI=1S/C17H16FNOS/c1-12-4-5-13-11-14(18)6-8-16(13)19(12)17(20)9-7-15-3-2-10-21-15/h2-3,6-12H,4-5H2,1H3/b9-7-/t12-/m1/s1. The zero-order valence-corrected chi connectivity index (χ0v) is 12.6. The van der Waals surface area contributed by atoms with Crippen molar-refractivity contribution in [3.8, 4) is 0 Å². The van der Waals surface area contributed by atoms with Crippen molar-refractivity contribution in [1.29, 1.82) is 0 Å². The minimum absolute atomic E-state index is 0.0524. The van der Waals surface area contributed by atoms with E-state index in [0.29, 0.717) is 0 Å². The van der Waals surface area contributed by atoms with E-state index in [-0.39, 0.29) is 17.8 Å². The molecule has 2 aromatic rings. The fourth-order valence-corrected chi connectivity index (χ4v) is 3.29. The summed E-state index contributed by atoms with van der Waals surface area (Å²) >= 11 is 1.59. The van der Waals surface area contributed by atoms with E-state index in [2.05, 4.69) is 0 Å². The lowest BCUT2D eigenvalue weighted by atomic mass is 9.96. The number of carbonyl (C=O) groups is 1. The Balaban J connectivity index is 1.89. The van der Waals surface area contributed by atoms with Gasteiger partial charge in [-0.05, 0) is 61.1 Å². The number of nitrogens with zero attached hydrogens (tertiary/aromatic N) is 1. The first-order chi connectivity index (χ1) is 10.1. The number of hydrogen-bond donors (Lipinski definition) is 0. The van der Waals surface area contributed by atoms with Gasteiger partial charge in [0.15, 0.2) is 0 Å². The van der Waals surface area contributed by atoms with Gasteiger partial charge in [-0.25, -0.2) is 4.39 Å². The highest BCUT2D eigenvalue weighted by Crippen LogP contribution is 2.31. The highest BCUT2D eigenvalue weighted by Gasteiger charge is 2.27. The monoisotopic (exact) mass is 301 g/mol. The van der Waals surface area contributed by atoms with Crippen LogP contribution in [0.25, 0.3) is 6.08 Å². The number of amides is 1. The second-order valence-electron chi connectivity index (χ2n) is 5.22. The molecule has 2 nitrogen and oxygen atoms in total. The summed E-state index contributed by atoms with van der Waals surface area (Å²) in [5.41, 5.74) is 1.74. The van der Waals surface area contributed by atoms with Gasteiger partial charge in [0.2, 0.25) is 0 Å². The number of carbonyl (C=O) groups excluding carboxylic acids is 1. The van der Waals surface area contributed by atoms with Crippen molar-refractivity contribution in [1.82, 2.24) is 0 Å². The third-order valence-corrected chi connectivity index (χ3v) is 4.58. The van der Waals surface area contributed by atoms with Crippen molar-refractivity contribution in [2.75, 3.05) is 4.90 Å². The first-order valence-corrected chi connectivity index (χ1v) is 7.86. The summed E-state index contributed by atoms with van der Waals surface area (Å²) in [6.07, 6.45) is 5.10. The van der Waals surface area contributed by atoms with E-state index < -0.39 is 0 Å². The van der Waals surface area contributed by atoms with Crippen LogP contribution in [0.1, 0.15) is 23.8 Å². The van der Waals surface area contributed by atoms with E-state index in [9.17, 15) is 9.18 Å². The van der Waals surface area contributed by atoms with Crippen molar-refractivity contribution < 1.29 is 9.18 Å². The Morgan fingerprint density at radius 1 is 1.43 bits per heavy atom. The molecule has 0 bridgehead atoms. The summed E-state index contributed by atoms with van der Waals surface area (Å²) in [6.45, 7) is 2.03. The quantitative estimate of drug-likeness (QED) is 0.759. The van der Waals surface area contributed by atoms with Crippen LogP contribution in [0.5, 0.6) is 0 Å². The van der Waals surface area contributed by atoms with Gasteiger partial charge >= 0.3 is 0 Å². The van der Waals surface area contributed by atoms with E-state index in [1.807, 2.05) is 30.5 Å². The maximum atomic E-state index is 13.3. The highest BCUT2D eigenvalue weighted by atomic mass is 32.1. The zero-order valence-electron chi connectivity index (χ0n) is 11.8. The Morgan fingerprint density at radius 2 is 2.29 bits per heavy atom. The van der Waals surface area contributed by atoms with E-state index in [1.54, 1.807) is 28.4 Å². The van der Waals surface area contributed by atoms with Crippen LogP contribution in [0.4, 0.5) is 10.1 Å². The number of fused-ring (bicyclic) bond motifs is 1. The van der Waals surface area contributed by atoms with Gasteiger partial charge in [-0.2, -0.15) is 0 Å². The number of anilines is 1. The van der Waals surface area contributed by atoms with Crippen LogP contribution in [-0.4, -0.2) is 11.9 Å². The normalized spacial score (nSPS) is 18.0. The van der Waals surface area contributed by atoms with Crippen LogP contribution in [0.3, 0.4) is 0 Å². The molecule has 0 N–H and O–H groups in total. The van der Waals surface area contributed by atoms with Crippen LogP contribution in [0.15, 0.2) is 41.8 Å². The molecule has 2 heterocycles. The Bertz CT molecular complexity index is 678. The Labute approximate surface area is 127 Å². The summed E-state index contributed by atoms with van der Waals surface area (Å²) in [7, 11) is 0. The number of halogens is 1. The fraction of sp³-hybridized carbons (Fsp3) is 0.235. The number of hydrogen-bond acceptors (Lipinski definition) is 2. The molecule has 1 amide bonds. The summed E-state index contributed by atoms with van der Waals surface area (Å²) in [4.78, 5) is 15.3. The number of thiophene rings is 1. The minimum Gasteiger partial charge on any atom is -0.306 e. The fourth-order valence-electron chi connectivity index (χ4n) is 2.68. The number of rotatable bonds is 2. The lowest BCUT2D eigenvalue weighted by molar-refractivity contribution is -0.114. The third kappa shape index (κ3) is 2.90.